The number of carbonyl (C=O) groups is 2. The molecule has 2 N–H and O–H groups in total. The number of rotatable bonds is 5. The number of ether oxygens (including phenoxy) is 4. The van der Waals surface area contributed by atoms with Crippen LogP contribution < -0.4 is 5.73 Å². The second kappa shape index (κ2) is 8.23. The predicted molar refractivity (Wildman–Crippen MR) is 84.6 cm³/mol. The molecule has 1 aromatic rings. The summed E-state index contributed by atoms with van der Waals surface area (Å²) in [6.45, 7) is 4.57. The molecule has 1 fully saturated rings. The molecule has 0 amide bonds. The van der Waals surface area contributed by atoms with E-state index in [1.54, 1.807) is 6.92 Å². The lowest BCUT2D eigenvalue weighted by Crippen LogP contribution is -2.63. The Morgan fingerprint density at radius 1 is 1.08 bits per heavy atom. The minimum absolute atomic E-state index is 0.303. The van der Waals surface area contributed by atoms with Gasteiger partial charge in [-0.15, -0.1) is 0 Å². The van der Waals surface area contributed by atoms with Gasteiger partial charge in [-0.25, -0.2) is 0 Å². The van der Waals surface area contributed by atoms with Crippen molar-refractivity contribution in [3.63, 3.8) is 0 Å². The number of hydrogen-bond donors (Lipinski definition) is 1. The molecule has 1 aromatic carbocycles. The highest BCUT2D eigenvalue weighted by Gasteiger charge is 2.47. The first kappa shape index (κ1) is 18.4. The molecular weight excluding hydrogens is 314 g/mol. The Balaban J connectivity index is 2.08. The van der Waals surface area contributed by atoms with Crippen molar-refractivity contribution < 1.29 is 28.5 Å². The normalized spacial score (nSPS) is 29.8. The number of esters is 2. The summed E-state index contributed by atoms with van der Waals surface area (Å²) < 4.78 is 22.0. The number of carbonyl (C=O) groups excluding carboxylic acids is 2. The van der Waals surface area contributed by atoms with Crippen LogP contribution in [0.25, 0.3) is 0 Å². The zero-order valence-electron chi connectivity index (χ0n) is 14.0. The summed E-state index contributed by atoms with van der Waals surface area (Å²) in [5.74, 6) is -1.01. The van der Waals surface area contributed by atoms with Gasteiger partial charge in [-0.1, -0.05) is 30.3 Å². The maximum absolute atomic E-state index is 11.4. The van der Waals surface area contributed by atoms with Crippen LogP contribution in [0.3, 0.4) is 0 Å². The molecule has 24 heavy (non-hydrogen) atoms. The van der Waals surface area contributed by atoms with Gasteiger partial charge in [0.15, 0.2) is 18.5 Å². The Morgan fingerprint density at radius 2 is 1.67 bits per heavy atom. The second-order valence-corrected chi connectivity index (χ2v) is 5.73. The second-order valence-electron chi connectivity index (χ2n) is 5.73. The van der Waals surface area contributed by atoms with Crippen molar-refractivity contribution in [1.29, 1.82) is 0 Å². The molecule has 0 unspecified atom stereocenters. The maximum atomic E-state index is 11.4. The fourth-order valence-electron chi connectivity index (χ4n) is 2.62. The van der Waals surface area contributed by atoms with E-state index < -0.39 is 42.6 Å². The highest BCUT2D eigenvalue weighted by molar-refractivity contribution is 5.67. The molecule has 0 saturated carbocycles. The van der Waals surface area contributed by atoms with Crippen molar-refractivity contribution in [3.05, 3.63) is 35.9 Å². The third-order valence-corrected chi connectivity index (χ3v) is 3.69. The van der Waals surface area contributed by atoms with Gasteiger partial charge < -0.3 is 24.7 Å². The van der Waals surface area contributed by atoms with Gasteiger partial charge in [0.2, 0.25) is 0 Å². The van der Waals surface area contributed by atoms with Crippen molar-refractivity contribution >= 4 is 11.9 Å². The van der Waals surface area contributed by atoms with Crippen molar-refractivity contribution in [1.82, 2.24) is 0 Å². The predicted octanol–water partition coefficient (Wildman–Crippen LogP) is 1.14. The molecule has 5 atom stereocenters. The van der Waals surface area contributed by atoms with E-state index in [1.165, 1.54) is 13.8 Å². The molecule has 1 saturated heterocycles. The maximum Gasteiger partial charge on any atom is 0.303 e. The molecule has 2 rings (SSSR count). The lowest BCUT2D eigenvalue weighted by atomic mass is 9.97. The number of hydrogen-bond acceptors (Lipinski definition) is 7. The average Bonchev–Trinajstić information content (AvgIpc) is 2.53. The molecule has 1 aliphatic heterocycles. The Hall–Kier alpha value is -1.96. The fraction of sp³-hybridized carbons (Fsp3) is 0.529. The Labute approximate surface area is 141 Å². The lowest BCUT2D eigenvalue weighted by molar-refractivity contribution is -0.266. The van der Waals surface area contributed by atoms with E-state index in [9.17, 15) is 9.59 Å². The van der Waals surface area contributed by atoms with Crippen LogP contribution in [0.5, 0.6) is 0 Å². The molecule has 0 bridgehead atoms. The molecular formula is C17H23NO6. The average molecular weight is 337 g/mol. The van der Waals surface area contributed by atoms with Crippen LogP contribution in [0.15, 0.2) is 30.3 Å². The van der Waals surface area contributed by atoms with E-state index in [0.717, 1.165) is 5.56 Å². The van der Waals surface area contributed by atoms with Crippen molar-refractivity contribution in [2.75, 3.05) is 0 Å². The van der Waals surface area contributed by atoms with E-state index in [-0.39, 0.29) is 0 Å². The van der Waals surface area contributed by atoms with E-state index >= 15 is 0 Å². The molecule has 7 nitrogen and oxygen atoms in total. The van der Waals surface area contributed by atoms with E-state index in [0.29, 0.717) is 6.61 Å². The summed E-state index contributed by atoms with van der Waals surface area (Å²) >= 11 is 0. The third kappa shape index (κ3) is 4.77. The summed E-state index contributed by atoms with van der Waals surface area (Å²) in [5.41, 5.74) is 7.11. The lowest BCUT2D eigenvalue weighted by Gasteiger charge is -2.42. The van der Waals surface area contributed by atoms with Crippen molar-refractivity contribution in [2.45, 2.75) is 58.0 Å². The number of benzene rings is 1. The third-order valence-electron chi connectivity index (χ3n) is 3.69. The van der Waals surface area contributed by atoms with Gasteiger partial charge in [-0.3, -0.25) is 9.59 Å². The Morgan fingerprint density at radius 3 is 2.25 bits per heavy atom. The fourth-order valence-corrected chi connectivity index (χ4v) is 2.62. The SMILES string of the molecule is CC(=O)O[C@@H]1[C@@H](N)[C@@H](OCc2ccccc2)O[C@H](C)[C@H]1OC(C)=O. The Bertz CT molecular complexity index is 563. The summed E-state index contributed by atoms with van der Waals surface area (Å²) in [4.78, 5) is 22.7. The number of nitrogens with two attached hydrogens (primary N) is 1. The van der Waals surface area contributed by atoms with Gasteiger partial charge in [-0.2, -0.15) is 0 Å². The van der Waals surface area contributed by atoms with E-state index in [1.807, 2.05) is 30.3 Å². The van der Waals surface area contributed by atoms with Crippen LogP contribution in [0.4, 0.5) is 0 Å². The van der Waals surface area contributed by atoms with Gasteiger partial charge in [0, 0.05) is 13.8 Å². The molecule has 0 aliphatic carbocycles. The molecule has 0 radical (unpaired) electrons. The summed E-state index contributed by atoms with van der Waals surface area (Å²) in [7, 11) is 0. The monoisotopic (exact) mass is 337 g/mol. The molecule has 0 aromatic heterocycles. The van der Waals surface area contributed by atoms with Crippen LogP contribution in [0.1, 0.15) is 26.3 Å². The largest absolute Gasteiger partial charge is 0.457 e. The quantitative estimate of drug-likeness (QED) is 0.805. The van der Waals surface area contributed by atoms with Crippen LogP contribution in [0, 0.1) is 0 Å². The highest BCUT2D eigenvalue weighted by Crippen LogP contribution is 2.26. The van der Waals surface area contributed by atoms with Crippen LogP contribution in [-0.2, 0) is 35.1 Å². The van der Waals surface area contributed by atoms with Crippen LogP contribution in [-0.4, -0.2) is 42.6 Å². The minimum atomic E-state index is -0.837. The van der Waals surface area contributed by atoms with Gasteiger partial charge >= 0.3 is 11.9 Å². The van der Waals surface area contributed by atoms with Gasteiger partial charge in [0.25, 0.3) is 0 Å². The van der Waals surface area contributed by atoms with E-state index in [4.69, 9.17) is 24.7 Å². The standard InChI is InChI=1S/C17H23NO6/c1-10-15(23-11(2)19)16(24-12(3)20)14(18)17(22-10)21-9-13-7-5-4-6-8-13/h4-8,10,14-17H,9,18H2,1-3H3/t10-,14-,15-,16-,17+/m1/s1. The van der Waals surface area contributed by atoms with E-state index in [2.05, 4.69) is 0 Å². The first-order valence-corrected chi connectivity index (χ1v) is 7.79. The summed E-state index contributed by atoms with van der Waals surface area (Å²) in [5, 5.41) is 0. The molecule has 0 spiro atoms. The van der Waals surface area contributed by atoms with Gasteiger partial charge in [-0.05, 0) is 12.5 Å². The zero-order valence-corrected chi connectivity index (χ0v) is 14.0. The van der Waals surface area contributed by atoms with Crippen LogP contribution >= 0.6 is 0 Å². The Kier molecular flexibility index (Phi) is 6.30. The molecule has 1 heterocycles. The van der Waals surface area contributed by atoms with Crippen molar-refractivity contribution in [3.8, 4) is 0 Å². The minimum Gasteiger partial charge on any atom is -0.457 e. The van der Waals surface area contributed by atoms with Gasteiger partial charge in [0.05, 0.1) is 18.8 Å². The molecule has 132 valence electrons. The smallest absolute Gasteiger partial charge is 0.303 e. The summed E-state index contributed by atoms with van der Waals surface area (Å²) in [6, 6.07) is 8.78. The van der Waals surface area contributed by atoms with Crippen molar-refractivity contribution in [2.24, 2.45) is 5.73 Å². The topological polar surface area (TPSA) is 97.1 Å². The van der Waals surface area contributed by atoms with Crippen LogP contribution in [0.2, 0.25) is 0 Å². The molecule has 1 aliphatic rings. The highest BCUT2D eigenvalue weighted by atomic mass is 16.7. The molecule has 7 heteroatoms. The summed E-state index contributed by atoms with van der Waals surface area (Å²) in [6.07, 6.45) is -2.93. The zero-order chi connectivity index (χ0) is 17.7. The first-order chi connectivity index (χ1) is 11.4. The van der Waals surface area contributed by atoms with Gasteiger partial charge in [0.1, 0.15) is 0 Å². The first-order valence-electron chi connectivity index (χ1n) is 7.79.